The highest BCUT2D eigenvalue weighted by atomic mass is 16.5. The lowest BCUT2D eigenvalue weighted by Gasteiger charge is -2.30. The van der Waals surface area contributed by atoms with Gasteiger partial charge in [-0.15, -0.1) is 0 Å². The molecule has 0 aromatic heterocycles. The number of amides is 1. The third-order valence-electron chi connectivity index (χ3n) is 4.32. The van der Waals surface area contributed by atoms with E-state index in [2.05, 4.69) is 5.32 Å². The van der Waals surface area contributed by atoms with Crippen LogP contribution in [-0.2, 0) is 11.2 Å². The molecule has 0 radical (unpaired) electrons. The largest absolute Gasteiger partial charge is 0.497 e. The van der Waals surface area contributed by atoms with Gasteiger partial charge in [0.1, 0.15) is 11.5 Å². The summed E-state index contributed by atoms with van der Waals surface area (Å²) in [6, 6.07) is 13.6. The molecule has 0 aliphatic carbocycles. The minimum atomic E-state index is 0.0532. The van der Waals surface area contributed by atoms with Crippen molar-refractivity contribution in [3.63, 3.8) is 0 Å². The first-order valence-electron chi connectivity index (χ1n) is 8.66. The quantitative estimate of drug-likeness (QED) is 0.875. The smallest absolute Gasteiger partial charge is 0.246 e. The molecule has 5 heteroatoms. The Balaban J connectivity index is 1.71. The molecule has 1 N–H and O–H groups in total. The molecule has 5 nitrogen and oxygen atoms in total. The Hall–Kier alpha value is -2.69. The summed E-state index contributed by atoms with van der Waals surface area (Å²) in [6.45, 7) is 3.51. The van der Waals surface area contributed by atoms with Crippen LogP contribution in [0.4, 0.5) is 11.4 Å². The number of nitrogens with zero attached hydrogens (tertiary/aromatic N) is 1. The van der Waals surface area contributed by atoms with E-state index in [-0.39, 0.29) is 12.5 Å². The van der Waals surface area contributed by atoms with Gasteiger partial charge in [-0.25, -0.2) is 0 Å². The summed E-state index contributed by atoms with van der Waals surface area (Å²) in [5.74, 6) is 1.65. The van der Waals surface area contributed by atoms with Gasteiger partial charge in [-0.2, -0.15) is 0 Å². The minimum Gasteiger partial charge on any atom is -0.497 e. The Morgan fingerprint density at radius 3 is 2.88 bits per heavy atom. The van der Waals surface area contributed by atoms with Crippen molar-refractivity contribution in [3.05, 3.63) is 48.0 Å². The van der Waals surface area contributed by atoms with Gasteiger partial charge in [0.25, 0.3) is 0 Å². The third-order valence-corrected chi connectivity index (χ3v) is 4.32. The fraction of sp³-hybridized carbons (Fsp3) is 0.350. The first kappa shape index (κ1) is 17.1. The fourth-order valence-electron chi connectivity index (χ4n) is 3.12. The summed E-state index contributed by atoms with van der Waals surface area (Å²) < 4.78 is 10.9. The molecule has 0 saturated carbocycles. The summed E-state index contributed by atoms with van der Waals surface area (Å²) in [6.07, 6.45) is 1.93. The van der Waals surface area contributed by atoms with E-state index in [1.165, 1.54) is 0 Å². The highest BCUT2D eigenvalue weighted by Gasteiger charge is 2.22. The number of benzene rings is 2. The van der Waals surface area contributed by atoms with E-state index in [0.29, 0.717) is 6.61 Å². The van der Waals surface area contributed by atoms with E-state index in [4.69, 9.17) is 9.47 Å². The van der Waals surface area contributed by atoms with Gasteiger partial charge in [0.05, 0.1) is 25.9 Å². The highest BCUT2D eigenvalue weighted by Crippen LogP contribution is 2.31. The second-order valence-corrected chi connectivity index (χ2v) is 5.93. The molecule has 2 aromatic carbocycles. The Bertz CT molecular complexity index is 745. The van der Waals surface area contributed by atoms with Crippen LogP contribution in [0.1, 0.15) is 18.9 Å². The van der Waals surface area contributed by atoms with Gasteiger partial charge in [0, 0.05) is 12.2 Å². The van der Waals surface area contributed by atoms with Gasteiger partial charge in [-0.3, -0.25) is 4.79 Å². The van der Waals surface area contributed by atoms with E-state index < -0.39 is 0 Å². The first-order valence-corrected chi connectivity index (χ1v) is 8.66. The molecule has 1 amide bonds. The minimum absolute atomic E-state index is 0.0532. The van der Waals surface area contributed by atoms with Crippen molar-refractivity contribution >= 4 is 17.3 Å². The van der Waals surface area contributed by atoms with Gasteiger partial charge in [-0.05, 0) is 55.7 Å². The molecule has 0 spiro atoms. The molecule has 1 aliphatic heterocycles. The van der Waals surface area contributed by atoms with Crippen LogP contribution in [0.3, 0.4) is 0 Å². The lowest BCUT2D eigenvalue weighted by atomic mass is 10.0. The number of carbonyl (C=O) groups excluding carboxylic acids is 1. The number of aryl methyl sites for hydroxylation is 1. The lowest BCUT2D eigenvalue weighted by Crippen LogP contribution is -2.39. The van der Waals surface area contributed by atoms with E-state index in [0.717, 1.165) is 47.8 Å². The van der Waals surface area contributed by atoms with E-state index >= 15 is 0 Å². The van der Waals surface area contributed by atoms with E-state index in [9.17, 15) is 4.79 Å². The topological polar surface area (TPSA) is 50.8 Å². The Kier molecular flexibility index (Phi) is 5.43. The number of para-hydroxylation sites is 2. The first-order chi connectivity index (χ1) is 12.2. The highest BCUT2D eigenvalue weighted by molar-refractivity contribution is 5.97. The van der Waals surface area contributed by atoms with Gasteiger partial charge in [0.15, 0.2) is 0 Å². The van der Waals surface area contributed by atoms with Crippen LogP contribution in [0.15, 0.2) is 42.5 Å². The van der Waals surface area contributed by atoms with Crippen molar-refractivity contribution in [2.24, 2.45) is 0 Å². The molecule has 1 aliphatic rings. The van der Waals surface area contributed by atoms with Crippen molar-refractivity contribution in [2.75, 3.05) is 37.0 Å². The van der Waals surface area contributed by atoms with Crippen LogP contribution in [0.2, 0.25) is 0 Å². The predicted molar refractivity (Wildman–Crippen MR) is 99.8 cm³/mol. The predicted octanol–water partition coefficient (Wildman–Crippen LogP) is 3.49. The number of ether oxygens (including phenoxy) is 2. The SMILES string of the molecule is CCOc1ccccc1NCC(=O)N1CCCc2cc(OC)ccc21. The average Bonchev–Trinajstić information content (AvgIpc) is 2.66. The summed E-state index contributed by atoms with van der Waals surface area (Å²) in [7, 11) is 1.66. The number of methoxy groups -OCH3 is 1. The van der Waals surface area contributed by atoms with Crippen LogP contribution < -0.4 is 19.7 Å². The van der Waals surface area contributed by atoms with Gasteiger partial charge < -0.3 is 19.7 Å². The third kappa shape index (κ3) is 3.87. The number of nitrogens with one attached hydrogen (secondary N) is 1. The molecule has 25 heavy (non-hydrogen) atoms. The summed E-state index contributed by atoms with van der Waals surface area (Å²) >= 11 is 0. The Labute approximate surface area is 148 Å². The fourth-order valence-corrected chi connectivity index (χ4v) is 3.12. The summed E-state index contributed by atoms with van der Waals surface area (Å²) in [4.78, 5) is 14.6. The zero-order chi connectivity index (χ0) is 17.6. The normalized spacial score (nSPS) is 13.1. The van der Waals surface area contributed by atoms with Gasteiger partial charge >= 0.3 is 0 Å². The number of anilines is 2. The number of hydrogen-bond acceptors (Lipinski definition) is 4. The summed E-state index contributed by atoms with van der Waals surface area (Å²) in [5.41, 5.74) is 2.98. The van der Waals surface area contributed by atoms with Crippen LogP contribution >= 0.6 is 0 Å². The number of fused-ring (bicyclic) bond motifs is 1. The maximum atomic E-state index is 12.7. The van der Waals surface area contributed by atoms with Crippen molar-refractivity contribution in [2.45, 2.75) is 19.8 Å². The number of carbonyl (C=O) groups is 1. The monoisotopic (exact) mass is 340 g/mol. The molecule has 132 valence electrons. The van der Waals surface area contributed by atoms with E-state index in [1.54, 1.807) is 7.11 Å². The Morgan fingerprint density at radius 2 is 2.08 bits per heavy atom. The van der Waals surface area contributed by atoms with Crippen LogP contribution in [0, 0.1) is 0 Å². The zero-order valence-electron chi connectivity index (χ0n) is 14.7. The molecular formula is C20H24N2O3. The van der Waals surface area contributed by atoms with Crippen LogP contribution in [-0.4, -0.2) is 32.7 Å². The Morgan fingerprint density at radius 1 is 1.24 bits per heavy atom. The van der Waals surface area contributed by atoms with E-state index in [1.807, 2.05) is 54.3 Å². The molecular weight excluding hydrogens is 316 g/mol. The van der Waals surface area contributed by atoms with Gasteiger partial charge in [-0.1, -0.05) is 12.1 Å². The zero-order valence-corrected chi connectivity index (χ0v) is 14.7. The van der Waals surface area contributed by atoms with Crippen LogP contribution in [0.5, 0.6) is 11.5 Å². The second kappa shape index (κ2) is 7.92. The molecule has 0 atom stereocenters. The maximum absolute atomic E-state index is 12.7. The molecule has 0 fully saturated rings. The average molecular weight is 340 g/mol. The summed E-state index contributed by atoms with van der Waals surface area (Å²) in [5, 5.41) is 3.21. The molecule has 0 bridgehead atoms. The van der Waals surface area contributed by atoms with Crippen molar-refractivity contribution in [1.29, 1.82) is 0 Å². The van der Waals surface area contributed by atoms with Crippen molar-refractivity contribution in [1.82, 2.24) is 0 Å². The maximum Gasteiger partial charge on any atom is 0.246 e. The molecule has 0 unspecified atom stereocenters. The number of rotatable bonds is 6. The standard InChI is InChI=1S/C20H24N2O3/c1-3-25-19-9-5-4-8-17(19)21-14-20(23)22-12-6-7-15-13-16(24-2)10-11-18(15)22/h4-5,8-11,13,21H,3,6-7,12,14H2,1-2H3. The molecule has 0 saturated heterocycles. The van der Waals surface area contributed by atoms with Crippen molar-refractivity contribution < 1.29 is 14.3 Å². The number of hydrogen-bond donors (Lipinski definition) is 1. The lowest BCUT2D eigenvalue weighted by molar-refractivity contribution is -0.117. The second-order valence-electron chi connectivity index (χ2n) is 5.93. The molecule has 3 rings (SSSR count). The molecule has 1 heterocycles. The van der Waals surface area contributed by atoms with Crippen LogP contribution in [0.25, 0.3) is 0 Å². The molecule has 2 aromatic rings. The van der Waals surface area contributed by atoms with Gasteiger partial charge in [0.2, 0.25) is 5.91 Å². The van der Waals surface area contributed by atoms with Crippen molar-refractivity contribution in [3.8, 4) is 11.5 Å².